The van der Waals surface area contributed by atoms with E-state index in [4.69, 9.17) is 4.74 Å². The van der Waals surface area contributed by atoms with Gasteiger partial charge in [-0.05, 0) is 36.1 Å². The SMILES string of the molecule is CC[C@H](C)c1ccccc1NC(=O)COC(=O)Cc1csc(-c2cccnc2)n1. The summed E-state index contributed by atoms with van der Waals surface area (Å²) in [6.45, 7) is 3.88. The number of nitrogens with one attached hydrogen (secondary N) is 1. The van der Waals surface area contributed by atoms with Crippen molar-refractivity contribution >= 4 is 28.9 Å². The van der Waals surface area contributed by atoms with Crippen LogP contribution in [0.5, 0.6) is 0 Å². The lowest BCUT2D eigenvalue weighted by atomic mass is 9.97. The molecule has 0 aliphatic carbocycles. The average molecular weight is 410 g/mol. The van der Waals surface area contributed by atoms with E-state index in [1.807, 2.05) is 41.8 Å². The number of aromatic nitrogens is 2. The van der Waals surface area contributed by atoms with E-state index in [1.165, 1.54) is 11.3 Å². The van der Waals surface area contributed by atoms with E-state index in [9.17, 15) is 9.59 Å². The van der Waals surface area contributed by atoms with E-state index in [0.717, 1.165) is 28.2 Å². The van der Waals surface area contributed by atoms with E-state index in [2.05, 4.69) is 29.1 Å². The third-order valence-corrected chi connectivity index (χ3v) is 5.47. The molecule has 0 radical (unpaired) electrons. The summed E-state index contributed by atoms with van der Waals surface area (Å²) in [5.74, 6) is -0.519. The molecule has 150 valence electrons. The van der Waals surface area contributed by atoms with Gasteiger partial charge in [-0.2, -0.15) is 0 Å². The van der Waals surface area contributed by atoms with Crippen molar-refractivity contribution in [2.24, 2.45) is 0 Å². The van der Waals surface area contributed by atoms with Crippen molar-refractivity contribution in [3.63, 3.8) is 0 Å². The number of hydrogen-bond acceptors (Lipinski definition) is 6. The van der Waals surface area contributed by atoms with Crippen LogP contribution in [0.1, 0.15) is 37.4 Å². The number of esters is 1. The van der Waals surface area contributed by atoms with Gasteiger partial charge < -0.3 is 10.1 Å². The number of amides is 1. The number of ether oxygens (including phenoxy) is 1. The minimum absolute atomic E-state index is 0.0213. The largest absolute Gasteiger partial charge is 0.455 e. The van der Waals surface area contributed by atoms with Gasteiger partial charge in [-0.1, -0.05) is 32.0 Å². The first-order valence-electron chi connectivity index (χ1n) is 9.46. The Morgan fingerprint density at radius 1 is 1.21 bits per heavy atom. The minimum Gasteiger partial charge on any atom is -0.455 e. The Balaban J connectivity index is 1.51. The average Bonchev–Trinajstić information content (AvgIpc) is 3.21. The van der Waals surface area contributed by atoms with Gasteiger partial charge in [0, 0.05) is 29.0 Å². The third kappa shape index (κ3) is 5.71. The van der Waals surface area contributed by atoms with E-state index >= 15 is 0 Å². The molecule has 0 aliphatic rings. The van der Waals surface area contributed by atoms with Crippen LogP contribution >= 0.6 is 11.3 Å². The Labute approximate surface area is 174 Å². The van der Waals surface area contributed by atoms with Gasteiger partial charge in [0.2, 0.25) is 0 Å². The predicted octanol–water partition coefficient (Wildman–Crippen LogP) is 4.44. The zero-order chi connectivity index (χ0) is 20.6. The molecule has 0 saturated heterocycles. The molecule has 0 unspecified atom stereocenters. The number of carbonyl (C=O) groups is 2. The highest BCUT2D eigenvalue weighted by Gasteiger charge is 2.14. The van der Waals surface area contributed by atoms with Crippen LogP contribution in [-0.2, 0) is 20.7 Å². The van der Waals surface area contributed by atoms with Crippen LogP contribution in [0.25, 0.3) is 10.6 Å². The van der Waals surface area contributed by atoms with Crippen molar-refractivity contribution < 1.29 is 14.3 Å². The van der Waals surface area contributed by atoms with Gasteiger partial charge in [0.1, 0.15) is 5.01 Å². The van der Waals surface area contributed by atoms with Gasteiger partial charge in [0.15, 0.2) is 6.61 Å². The maximum absolute atomic E-state index is 12.2. The number of carbonyl (C=O) groups excluding carboxylic acids is 2. The highest BCUT2D eigenvalue weighted by atomic mass is 32.1. The number of benzene rings is 1. The van der Waals surface area contributed by atoms with Crippen molar-refractivity contribution in [3.8, 4) is 10.6 Å². The monoisotopic (exact) mass is 409 g/mol. The number of anilines is 1. The fourth-order valence-electron chi connectivity index (χ4n) is 2.80. The molecule has 0 saturated carbocycles. The van der Waals surface area contributed by atoms with Gasteiger partial charge >= 0.3 is 5.97 Å². The molecule has 0 spiro atoms. The van der Waals surface area contributed by atoms with E-state index in [1.54, 1.807) is 12.4 Å². The quantitative estimate of drug-likeness (QED) is 0.556. The summed E-state index contributed by atoms with van der Waals surface area (Å²) in [5, 5.41) is 5.44. The molecular weight excluding hydrogens is 386 g/mol. The Kier molecular flexibility index (Phi) is 7.08. The fraction of sp³-hybridized carbons (Fsp3) is 0.273. The van der Waals surface area contributed by atoms with E-state index in [0.29, 0.717) is 11.6 Å². The summed E-state index contributed by atoms with van der Waals surface area (Å²) in [5.41, 5.74) is 3.33. The van der Waals surface area contributed by atoms with Gasteiger partial charge in [-0.25, -0.2) is 4.98 Å². The summed E-state index contributed by atoms with van der Waals surface area (Å²) < 4.78 is 5.12. The molecular formula is C22H23N3O3S. The number of nitrogens with zero attached hydrogens (tertiary/aromatic N) is 2. The molecule has 0 bridgehead atoms. The molecule has 3 rings (SSSR count). The number of hydrogen-bond donors (Lipinski definition) is 1. The van der Waals surface area contributed by atoms with Crippen molar-refractivity contribution in [1.82, 2.24) is 9.97 Å². The smallest absolute Gasteiger partial charge is 0.312 e. The summed E-state index contributed by atoms with van der Waals surface area (Å²) in [4.78, 5) is 32.8. The topological polar surface area (TPSA) is 81.2 Å². The summed E-state index contributed by atoms with van der Waals surface area (Å²) in [7, 11) is 0. The maximum Gasteiger partial charge on any atom is 0.312 e. The molecule has 29 heavy (non-hydrogen) atoms. The fourth-order valence-corrected chi connectivity index (χ4v) is 3.61. The van der Waals surface area contributed by atoms with Crippen LogP contribution < -0.4 is 5.32 Å². The van der Waals surface area contributed by atoms with Crippen LogP contribution in [0.15, 0.2) is 54.2 Å². The lowest BCUT2D eigenvalue weighted by Crippen LogP contribution is -2.22. The summed E-state index contributed by atoms with van der Waals surface area (Å²) >= 11 is 1.44. The lowest BCUT2D eigenvalue weighted by Gasteiger charge is -2.15. The first kappa shape index (κ1) is 20.7. The molecule has 3 aromatic rings. The minimum atomic E-state index is -0.488. The molecule has 1 N–H and O–H groups in total. The van der Waals surface area contributed by atoms with Crippen molar-refractivity contribution in [2.45, 2.75) is 32.6 Å². The molecule has 1 aromatic carbocycles. The highest BCUT2D eigenvalue weighted by molar-refractivity contribution is 7.13. The van der Waals surface area contributed by atoms with Gasteiger partial charge in [-0.15, -0.1) is 11.3 Å². The number of thiazole rings is 1. The Morgan fingerprint density at radius 2 is 2.03 bits per heavy atom. The Bertz CT molecular complexity index is 972. The number of rotatable bonds is 8. The van der Waals surface area contributed by atoms with Crippen LogP contribution in [0.4, 0.5) is 5.69 Å². The molecule has 2 heterocycles. The second-order valence-corrected chi connectivity index (χ2v) is 7.53. The third-order valence-electron chi connectivity index (χ3n) is 4.53. The molecule has 1 amide bonds. The Morgan fingerprint density at radius 3 is 2.79 bits per heavy atom. The predicted molar refractivity (Wildman–Crippen MR) is 114 cm³/mol. The van der Waals surface area contributed by atoms with Gasteiger partial charge in [-0.3, -0.25) is 14.6 Å². The normalized spacial score (nSPS) is 11.7. The summed E-state index contributed by atoms with van der Waals surface area (Å²) in [6.07, 6.45) is 4.41. The van der Waals surface area contributed by atoms with Crippen LogP contribution in [0, 0.1) is 0 Å². The van der Waals surface area contributed by atoms with Crippen LogP contribution in [-0.4, -0.2) is 28.5 Å². The van der Waals surface area contributed by atoms with Crippen molar-refractivity contribution in [3.05, 3.63) is 65.4 Å². The van der Waals surface area contributed by atoms with E-state index in [-0.39, 0.29) is 18.9 Å². The zero-order valence-corrected chi connectivity index (χ0v) is 17.2. The van der Waals surface area contributed by atoms with Crippen molar-refractivity contribution in [2.75, 3.05) is 11.9 Å². The Hall–Kier alpha value is -3.06. The molecule has 0 aliphatic heterocycles. The van der Waals surface area contributed by atoms with Gasteiger partial charge in [0.25, 0.3) is 5.91 Å². The lowest BCUT2D eigenvalue weighted by molar-refractivity contribution is -0.146. The summed E-state index contributed by atoms with van der Waals surface area (Å²) in [6, 6.07) is 11.4. The number of para-hydroxylation sites is 1. The van der Waals surface area contributed by atoms with Crippen LogP contribution in [0.2, 0.25) is 0 Å². The maximum atomic E-state index is 12.2. The standard InChI is InChI=1S/C22H23N3O3S/c1-3-15(2)18-8-4-5-9-19(18)25-20(26)13-28-21(27)11-17-14-29-22(24-17)16-7-6-10-23-12-16/h4-10,12,14-15H,3,11,13H2,1-2H3,(H,25,26)/t15-/m0/s1. The number of pyridine rings is 1. The van der Waals surface area contributed by atoms with Crippen molar-refractivity contribution in [1.29, 1.82) is 0 Å². The second-order valence-electron chi connectivity index (χ2n) is 6.67. The van der Waals surface area contributed by atoms with E-state index < -0.39 is 5.97 Å². The molecule has 7 heteroatoms. The first-order valence-corrected chi connectivity index (χ1v) is 10.3. The molecule has 6 nitrogen and oxygen atoms in total. The van der Waals surface area contributed by atoms with Crippen LogP contribution in [0.3, 0.4) is 0 Å². The highest BCUT2D eigenvalue weighted by Crippen LogP contribution is 2.26. The zero-order valence-electron chi connectivity index (χ0n) is 16.4. The molecule has 2 aromatic heterocycles. The molecule has 0 fully saturated rings. The van der Waals surface area contributed by atoms with Gasteiger partial charge in [0.05, 0.1) is 12.1 Å². The molecule has 1 atom stereocenters. The second kappa shape index (κ2) is 9.93. The first-order chi connectivity index (χ1) is 14.1.